The Kier molecular flexibility index (Phi) is 4.68. The van der Waals surface area contributed by atoms with Crippen LogP contribution in [0.15, 0.2) is 30.3 Å². The predicted octanol–water partition coefficient (Wildman–Crippen LogP) is 4.06. The van der Waals surface area contributed by atoms with E-state index in [1.54, 1.807) is 17.0 Å². The molecule has 6 nitrogen and oxygen atoms in total. The molecule has 3 heterocycles. The van der Waals surface area contributed by atoms with Gasteiger partial charge in [0.2, 0.25) is 0 Å². The molecule has 1 aromatic heterocycles. The predicted molar refractivity (Wildman–Crippen MR) is 112 cm³/mol. The molecule has 150 valence electrons. The van der Waals surface area contributed by atoms with Gasteiger partial charge in [0.25, 0.3) is 5.91 Å². The van der Waals surface area contributed by atoms with Crippen molar-refractivity contribution in [3.05, 3.63) is 57.7 Å². The summed E-state index contributed by atoms with van der Waals surface area (Å²) in [5, 5.41) is 19.5. The van der Waals surface area contributed by atoms with Crippen LogP contribution in [-0.2, 0) is 19.6 Å². The van der Waals surface area contributed by atoms with Gasteiger partial charge in [0, 0.05) is 36.1 Å². The number of phenols is 1. The molecule has 2 aliphatic heterocycles. The first-order valence-electron chi connectivity index (χ1n) is 10.1. The third-order valence-electron chi connectivity index (χ3n) is 5.99. The Labute approximate surface area is 174 Å². The highest BCUT2D eigenvalue weighted by atomic mass is 35.5. The molecule has 1 saturated heterocycles. The van der Waals surface area contributed by atoms with Gasteiger partial charge in [-0.05, 0) is 55.3 Å². The van der Waals surface area contributed by atoms with Crippen LogP contribution >= 0.6 is 11.6 Å². The van der Waals surface area contributed by atoms with E-state index in [4.69, 9.17) is 11.6 Å². The number of rotatable bonds is 3. The van der Waals surface area contributed by atoms with Gasteiger partial charge in [0.1, 0.15) is 5.75 Å². The SMILES string of the molecule is O=C(c1cc2c(CN3CCCCC3)n[nH]c2cc1O)N1Cc2ccc(Cl)cc2C1. The number of benzene rings is 2. The molecule has 1 amide bonds. The van der Waals surface area contributed by atoms with Gasteiger partial charge in [0.05, 0.1) is 16.8 Å². The Morgan fingerprint density at radius 2 is 1.90 bits per heavy atom. The van der Waals surface area contributed by atoms with Crippen molar-refractivity contribution in [1.29, 1.82) is 0 Å². The minimum Gasteiger partial charge on any atom is -0.507 e. The number of aromatic hydroxyl groups is 1. The van der Waals surface area contributed by atoms with Gasteiger partial charge in [-0.2, -0.15) is 5.10 Å². The van der Waals surface area contributed by atoms with Crippen molar-refractivity contribution >= 4 is 28.4 Å². The molecule has 0 unspecified atom stereocenters. The van der Waals surface area contributed by atoms with Crippen LogP contribution in [0.25, 0.3) is 10.9 Å². The maximum absolute atomic E-state index is 13.2. The van der Waals surface area contributed by atoms with E-state index in [0.717, 1.165) is 47.4 Å². The second-order valence-electron chi connectivity index (χ2n) is 8.00. The molecular formula is C22H23ClN4O2. The lowest BCUT2D eigenvalue weighted by Gasteiger charge is -2.25. The van der Waals surface area contributed by atoms with Crippen LogP contribution in [0.4, 0.5) is 0 Å². The summed E-state index contributed by atoms with van der Waals surface area (Å²) in [6, 6.07) is 9.10. The molecule has 7 heteroatoms. The average molecular weight is 411 g/mol. The van der Waals surface area contributed by atoms with Crippen molar-refractivity contribution in [2.75, 3.05) is 13.1 Å². The molecule has 3 aromatic rings. The molecule has 0 spiro atoms. The number of piperidine rings is 1. The number of aromatic amines is 1. The highest BCUT2D eigenvalue weighted by Gasteiger charge is 2.27. The highest BCUT2D eigenvalue weighted by Crippen LogP contribution is 2.31. The monoisotopic (exact) mass is 410 g/mol. The first kappa shape index (κ1) is 18.5. The minimum absolute atomic E-state index is 0.0235. The zero-order chi connectivity index (χ0) is 20.0. The van der Waals surface area contributed by atoms with Gasteiger partial charge in [-0.1, -0.05) is 24.1 Å². The Hall–Kier alpha value is -2.57. The lowest BCUT2D eigenvalue weighted by molar-refractivity contribution is 0.0748. The summed E-state index contributed by atoms with van der Waals surface area (Å²) in [5.41, 5.74) is 4.14. The molecule has 2 N–H and O–H groups in total. The van der Waals surface area contributed by atoms with Crippen LogP contribution in [0.5, 0.6) is 5.75 Å². The summed E-state index contributed by atoms with van der Waals surface area (Å²) in [4.78, 5) is 17.3. The van der Waals surface area contributed by atoms with Gasteiger partial charge in [0.15, 0.2) is 0 Å². The van der Waals surface area contributed by atoms with Gasteiger partial charge >= 0.3 is 0 Å². The third-order valence-corrected chi connectivity index (χ3v) is 6.22. The number of hydrogen-bond donors (Lipinski definition) is 2. The topological polar surface area (TPSA) is 72.5 Å². The zero-order valence-electron chi connectivity index (χ0n) is 16.1. The Balaban J connectivity index is 1.43. The molecule has 1 fully saturated rings. The molecule has 5 rings (SSSR count). The van der Waals surface area contributed by atoms with Crippen molar-refractivity contribution < 1.29 is 9.90 Å². The van der Waals surface area contributed by atoms with Gasteiger partial charge < -0.3 is 10.0 Å². The summed E-state index contributed by atoms with van der Waals surface area (Å²) in [6.07, 6.45) is 3.71. The number of carbonyl (C=O) groups excluding carboxylic acids is 1. The average Bonchev–Trinajstić information content (AvgIpc) is 3.31. The zero-order valence-corrected chi connectivity index (χ0v) is 16.9. The van der Waals surface area contributed by atoms with Crippen molar-refractivity contribution in [1.82, 2.24) is 20.0 Å². The number of H-pyrrole nitrogens is 1. The number of hydrogen-bond acceptors (Lipinski definition) is 4. The fraction of sp³-hybridized carbons (Fsp3) is 0.364. The molecular weight excluding hydrogens is 388 g/mol. The Morgan fingerprint density at radius 3 is 2.72 bits per heavy atom. The number of nitrogens with one attached hydrogen (secondary N) is 1. The number of phenolic OH excluding ortho intramolecular Hbond substituents is 1. The lowest BCUT2D eigenvalue weighted by Crippen LogP contribution is -2.29. The number of carbonyl (C=O) groups is 1. The number of nitrogens with zero attached hydrogens (tertiary/aromatic N) is 3. The van der Waals surface area contributed by atoms with E-state index in [0.29, 0.717) is 23.7 Å². The van der Waals surface area contributed by atoms with E-state index >= 15 is 0 Å². The fourth-order valence-corrected chi connectivity index (χ4v) is 4.60. The van der Waals surface area contributed by atoms with Gasteiger partial charge in [-0.25, -0.2) is 0 Å². The van der Waals surface area contributed by atoms with Gasteiger partial charge in [-0.3, -0.25) is 14.8 Å². The summed E-state index contributed by atoms with van der Waals surface area (Å²) >= 11 is 6.09. The normalized spacial score (nSPS) is 17.1. The van der Waals surface area contributed by atoms with E-state index in [1.807, 2.05) is 18.2 Å². The first-order valence-corrected chi connectivity index (χ1v) is 10.5. The van der Waals surface area contributed by atoms with Crippen molar-refractivity contribution in [3.63, 3.8) is 0 Å². The Morgan fingerprint density at radius 1 is 1.10 bits per heavy atom. The van der Waals surface area contributed by atoms with E-state index < -0.39 is 0 Å². The molecule has 2 aliphatic rings. The van der Waals surface area contributed by atoms with Crippen LogP contribution < -0.4 is 0 Å². The highest BCUT2D eigenvalue weighted by molar-refractivity contribution is 6.30. The number of amides is 1. The summed E-state index contributed by atoms with van der Waals surface area (Å²) < 4.78 is 0. The standard InChI is InChI=1S/C22H23ClN4O2/c23-16-5-4-14-11-27(12-15(14)8-16)22(29)18-9-17-19(10-21(18)28)24-25-20(17)13-26-6-2-1-3-7-26/h4-5,8-10,28H,1-3,6-7,11-13H2,(H,24,25). The van der Waals surface area contributed by atoms with E-state index in [2.05, 4.69) is 15.1 Å². The van der Waals surface area contributed by atoms with Gasteiger partial charge in [-0.15, -0.1) is 0 Å². The van der Waals surface area contributed by atoms with E-state index in [9.17, 15) is 9.90 Å². The molecule has 0 atom stereocenters. The number of halogens is 1. The summed E-state index contributed by atoms with van der Waals surface area (Å²) in [5.74, 6) is -0.202. The maximum atomic E-state index is 13.2. The maximum Gasteiger partial charge on any atom is 0.258 e. The Bertz CT molecular complexity index is 1090. The lowest BCUT2D eigenvalue weighted by atomic mass is 10.1. The second kappa shape index (κ2) is 7.35. The molecule has 0 bridgehead atoms. The van der Waals surface area contributed by atoms with Crippen LogP contribution in [0.2, 0.25) is 5.02 Å². The third kappa shape index (κ3) is 3.47. The van der Waals surface area contributed by atoms with Crippen LogP contribution in [0.3, 0.4) is 0 Å². The number of fused-ring (bicyclic) bond motifs is 2. The largest absolute Gasteiger partial charge is 0.507 e. The van der Waals surface area contributed by atoms with Crippen molar-refractivity contribution in [2.45, 2.75) is 38.9 Å². The van der Waals surface area contributed by atoms with E-state index in [-0.39, 0.29) is 11.7 Å². The molecule has 0 radical (unpaired) electrons. The molecule has 0 aliphatic carbocycles. The summed E-state index contributed by atoms with van der Waals surface area (Å²) in [6.45, 7) is 3.93. The first-order chi connectivity index (χ1) is 14.1. The fourth-order valence-electron chi connectivity index (χ4n) is 4.41. The van der Waals surface area contributed by atoms with Crippen LogP contribution in [0, 0.1) is 0 Å². The molecule has 29 heavy (non-hydrogen) atoms. The van der Waals surface area contributed by atoms with Crippen molar-refractivity contribution in [3.8, 4) is 5.75 Å². The van der Waals surface area contributed by atoms with Crippen LogP contribution in [-0.4, -0.2) is 44.1 Å². The molecule has 2 aromatic carbocycles. The second-order valence-corrected chi connectivity index (χ2v) is 8.43. The number of likely N-dealkylation sites (tertiary alicyclic amines) is 1. The smallest absolute Gasteiger partial charge is 0.258 e. The van der Waals surface area contributed by atoms with Crippen LogP contribution in [0.1, 0.15) is 46.4 Å². The number of aromatic nitrogens is 2. The van der Waals surface area contributed by atoms with Crippen molar-refractivity contribution in [2.24, 2.45) is 0 Å². The minimum atomic E-state index is -0.179. The molecule has 0 saturated carbocycles. The van der Waals surface area contributed by atoms with E-state index in [1.165, 1.54) is 19.3 Å². The summed E-state index contributed by atoms with van der Waals surface area (Å²) in [7, 11) is 0. The quantitative estimate of drug-likeness (QED) is 0.682.